The van der Waals surface area contributed by atoms with E-state index in [1.807, 2.05) is 19.9 Å². The van der Waals surface area contributed by atoms with Gasteiger partial charge in [0.1, 0.15) is 5.75 Å². The summed E-state index contributed by atoms with van der Waals surface area (Å²) in [7, 11) is 0. The highest BCUT2D eigenvalue weighted by Gasteiger charge is 2.12. The summed E-state index contributed by atoms with van der Waals surface area (Å²) in [6, 6.07) is 9.86. The molecule has 1 heterocycles. The number of aromatic nitrogens is 1. The molecule has 6 heteroatoms. The highest BCUT2D eigenvalue weighted by atomic mass is 19.3. The van der Waals surface area contributed by atoms with E-state index in [0.717, 1.165) is 11.1 Å². The molecule has 0 radical (unpaired) electrons. The lowest BCUT2D eigenvalue weighted by atomic mass is 10.0. The Morgan fingerprint density at radius 3 is 2.27 bits per heavy atom. The Kier molecular flexibility index (Phi) is 5.27. The zero-order valence-electron chi connectivity index (χ0n) is 12.3. The molecular formula is C16H18F2N2O2. The third-order valence-electron chi connectivity index (χ3n) is 3.40. The summed E-state index contributed by atoms with van der Waals surface area (Å²) in [6.07, 6.45) is 1.61. The Bertz CT molecular complexity index is 656. The molecule has 0 fully saturated rings. The number of nitrogens with one attached hydrogen (secondary N) is 2. The van der Waals surface area contributed by atoms with Crippen LogP contribution in [0.2, 0.25) is 0 Å². The van der Waals surface area contributed by atoms with Gasteiger partial charge in [0.15, 0.2) is 0 Å². The highest BCUT2D eigenvalue weighted by Crippen LogP contribution is 2.21. The van der Waals surface area contributed by atoms with Gasteiger partial charge in [-0.15, -0.1) is 0 Å². The standard InChI is InChI=1S/C16H18F2N2O2/c1-10(12-3-5-14(6-4-12)22-16(17)18)20-11(2)13-7-8-19-15(21)9-13/h3-11,16,20H,1-2H3,(H,19,21). The molecule has 2 unspecified atom stereocenters. The number of aromatic amines is 1. The van der Waals surface area contributed by atoms with Crippen LogP contribution >= 0.6 is 0 Å². The molecule has 0 aliphatic rings. The van der Waals surface area contributed by atoms with E-state index < -0.39 is 6.61 Å². The summed E-state index contributed by atoms with van der Waals surface area (Å²) in [6.45, 7) is 1.10. The lowest BCUT2D eigenvalue weighted by Crippen LogP contribution is -2.23. The fourth-order valence-electron chi connectivity index (χ4n) is 2.24. The summed E-state index contributed by atoms with van der Waals surface area (Å²) in [5, 5.41) is 3.36. The van der Waals surface area contributed by atoms with Gasteiger partial charge in [0, 0.05) is 24.3 Å². The van der Waals surface area contributed by atoms with Crippen molar-refractivity contribution in [2.75, 3.05) is 0 Å². The lowest BCUT2D eigenvalue weighted by molar-refractivity contribution is -0.0498. The van der Waals surface area contributed by atoms with E-state index in [2.05, 4.69) is 15.0 Å². The minimum Gasteiger partial charge on any atom is -0.435 e. The molecule has 1 aromatic carbocycles. The normalized spacial score (nSPS) is 13.9. The van der Waals surface area contributed by atoms with Gasteiger partial charge in [-0.25, -0.2) is 0 Å². The fourth-order valence-corrected chi connectivity index (χ4v) is 2.24. The van der Waals surface area contributed by atoms with Crippen molar-refractivity contribution in [3.05, 3.63) is 64.1 Å². The van der Waals surface area contributed by atoms with Crippen molar-refractivity contribution in [2.45, 2.75) is 32.5 Å². The molecule has 0 saturated heterocycles. The Morgan fingerprint density at radius 1 is 1.05 bits per heavy atom. The number of hydrogen-bond donors (Lipinski definition) is 2. The van der Waals surface area contributed by atoms with Crippen molar-refractivity contribution in [1.29, 1.82) is 0 Å². The summed E-state index contributed by atoms with van der Waals surface area (Å²) < 4.78 is 28.5. The summed E-state index contributed by atoms with van der Waals surface area (Å²) >= 11 is 0. The van der Waals surface area contributed by atoms with Gasteiger partial charge < -0.3 is 15.0 Å². The Morgan fingerprint density at radius 2 is 1.68 bits per heavy atom. The molecule has 0 amide bonds. The average Bonchev–Trinajstić information content (AvgIpc) is 2.47. The average molecular weight is 308 g/mol. The number of benzene rings is 1. The van der Waals surface area contributed by atoms with Gasteiger partial charge in [-0.05, 0) is 43.2 Å². The first-order valence-corrected chi connectivity index (χ1v) is 6.95. The largest absolute Gasteiger partial charge is 0.435 e. The Labute approximate surface area is 127 Å². The van der Waals surface area contributed by atoms with Gasteiger partial charge in [-0.3, -0.25) is 4.79 Å². The van der Waals surface area contributed by atoms with Gasteiger partial charge in [0.25, 0.3) is 0 Å². The lowest BCUT2D eigenvalue weighted by Gasteiger charge is -2.20. The highest BCUT2D eigenvalue weighted by molar-refractivity contribution is 5.29. The SMILES string of the molecule is CC(NC(C)c1cc[nH]c(=O)c1)c1ccc(OC(F)F)cc1. The monoisotopic (exact) mass is 308 g/mol. The molecule has 22 heavy (non-hydrogen) atoms. The van der Waals surface area contributed by atoms with E-state index in [1.165, 1.54) is 12.1 Å². The smallest absolute Gasteiger partial charge is 0.387 e. The van der Waals surface area contributed by atoms with Crippen LogP contribution in [0.1, 0.15) is 37.1 Å². The van der Waals surface area contributed by atoms with Gasteiger partial charge in [-0.1, -0.05) is 12.1 Å². The van der Waals surface area contributed by atoms with Crippen LogP contribution in [0.15, 0.2) is 47.4 Å². The first kappa shape index (κ1) is 16.2. The Hall–Kier alpha value is -2.21. The zero-order valence-corrected chi connectivity index (χ0v) is 12.3. The second-order valence-corrected chi connectivity index (χ2v) is 5.04. The number of H-pyrrole nitrogens is 1. The first-order valence-electron chi connectivity index (χ1n) is 6.95. The van der Waals surface area contributed by atoms with Crippen molar-refractivity contribution in [2.24, 2.45) is 0 Å². The van der Waals surface area contributed by atoms with Gasteiger partial charge in [0.2, 0.25) is 5.56 Å². The number of hydrogen-bond acceptors (Lipinski definition) is 3. The molecular weight excluding hydrogens is 290 g/mol. The molecule has 0 aliphatic carbocycles. The van der Waals surface area contributed by atoms with Crippen LogP contribution in [0.3, 0.4) is 0 Å². The molecule has 0 aliphatic heterocycles. The topological polar surface area (TPSA) is 54.1 Å². The number of pyridine rings is 1. The first-order chi connectivity index (χ1) is 10.5. The van der Waals surface area contributed by atoms with Crippen molar-refractivity contribution < 1.29 is 13.5 Å². The van der Waals surface area contributed by atoms with E-state index in [4.69, 9.17) is 0 Å². The molecule has 118 valence electrons. The number of halogens is 2. The van der Waals surface area contributed by atoms with E-state index >= 15 is 0 Å². The quantitative estimate of drug-likeness (QED) is 0.860. The fraction of sp³-hybridized carbons (Fsp3) is 0.312. The van der Waals surface area contributed by atoms with Crippen LogP contribution in [0.25, 0.3) is 0 Å². The second-order valence-electron chi connectivity index (χ2n) is 5.04. The van der Waals surface area contributed by atoms with Crippen molar-refractivity contribution in [1.82, 2.24) is 10.3 Å². The summed E-state index contributed by atoms with van der Waals surface area (Å²) in [4.78, 5) is 13.9. The summed E-state index contributed by atoms with van der Waals surface area (Å²) in [5.74, 6) is 0.133. The number of alkyl halides is 2. The molecule has 1 aromatic heterocycles. The van der Waals surface area contributed by atoms with Gasteiger partial charge in [0.05, 0.1) is 0 Å². The van der Waals surface area contributed by atoms with Crippen molar-refractivity contribution in [3.63, 3.8) is 0 Å². The summed E-state index contributed by atoms with van der Waals surface area (Å²) in [5.41, 5.74) is 1.68. The van der Waals surface area contributed by atoms with Crippen LogP contribution in [-0.4, -0.2) is 11.6 Å². The second kappa shape index (κ2) is 7.17. The maximum Gasteiger partial charge on any atom is 0.387 e. The van der Waals surface area contributed by atoms with Crippen LogP contribution < -0.4 is 15.6 Å². The Balaban J connectivity index is 2.02. The molecule has 0 saturated carbocycles. The van der Waals surface area contributed by atoms with Crippen molar-refractivity contribution >= 4 is 0 Å². The van der Waals surface area contributed by atoms with Crippen molar-refractivity contribution in [3.8, 4) is 5.75 Å². The van der Waals surface area contributed by atoms with Crippen LogP contribution in [0, 0.1) is 0 Å². The predicted octanol–water partition coefficient (Wildman–Crippen LogP) is 3.39. The molecule has 0 spiro atoms. The van der Waals surface area contributed by atoms with Crippen LogP contribution in [0.5, 0.6) is 5.75 Å². The molecule has 0 bridgehead atoms. The molecule has 2 N–H and O–H groups in total. The molecule has 2 aromatic rings. The zero-order chi connectivity index (χ0) is 16.1. The molecule has 4 nitrogen and oxygen atoms in total. The van der Waals surface area contributed by atoms with E-state index in [-0.39, 0.29) is 23.4 Å². The van der Waals surface area contributed by atoms with E-state index in [0.29, 0.717) is 0 Å². The van der Waals surface area contributed by atoms with E-state index in [1.54, 1.807) is 24.4 Å². The molecule has 2 rings (SSSR count). The molecule has 2 atom stereocenters. The van der Waals surface area contributed by atoms with Crippen LogP contribution in [0.4, 0.5) is 8.78 Å². The minimum absolute atomic E-state index is 0.00473. The third kappa shape index (κ3) is 4.39. The third-order valence-corrected chi connectivity index (χ3v) is 3.40. The van der Waals surface area contributed by atoms with Gasteiger partial charge >= 0.3 is 6.61 Å². The number of ether oxygens (including phenoxy) is 1. The maximum absolute atomic E-state index is 12.1. The van der Waals surface area contributed by atoms with Gasteiger partial charge in [-0.2, -0.15) is 8.78 Å². The number of rotatable bonds is 6. The van der Waals surface area contributed by atoms with Crippen LogP contribution in [-0.2, 0) is 0 Å². The van der Waals surface area contributed by atoms with E-state index in [9.17, 15) is 13.6 Å². The minimum atomic E-state index is -2.82. The maximum atomic E-state index is 12.1. The predicted molar refractivity (Wildman–Crippen MR) is 80.1 cm³/mol.